The van der Waals surface area contributed by atoms with Crippen molar-refractivity contribution in [2.45, 2.75) is 12.5 Å². The van der Waals surface area contributed by atoms with Crippen LogP contribution in [0, 0.1) is 0 Å². The minimum Gasteiger partial charge on any atom is -0.508 e. The number of phenolic OH excluding ortho intramolecular Hbond substituents is 3. The van der Waals surface area contributed by atoms with Gasteiger partial charge >= 0.3 is 5.97 Å². The summed E-state index contributed by atoms with van der Waals surface area (Å²) in [7, 11) is 0. The van der Waals surface area contributed by atoms with Crippen LogP contribution < -0.4 is 5.32 Å². The maximum absolute atomic E-state index is 12.1. The fourth-order valence-electron chi connectivity index (χ4n) is 2.04. The third-order valence-corrected chi connectivity index (χ3v) is 3.14. The quantitative estimate of drug-likeness (QED) is 0.564. The van der Waals surface area contributed by atoms with Gasteiger partial charge in [0.1, 0.15) is 23.3 Å². The van der Waals surface area contributed by atoms with Gasteiger partial charge in [0.2, 0.25) is 0 Å². The Bertz CT molecular complexity index is 706. The largest absolute Gasteiger partial charge is 0.508 e. The monoisotopic (exact) mass is 317 g/mol. The van der Waals surface area contributed by atoms with Gasteiger partial charge in [-0.15, -0.1) is 0 Å². The van der Waals surface area contributed by atoms with Crippen molar-refractivity contribution in [2.75, 3.05) is 0 Å². The van der Waals surface area contributed by atoms with Crippen molar-refractivity contribution in [3.8, 4) is 17.2 Å². The van der Waals surface area contributed by atoms with E-state index in [4.69, 9.17) is 0 Å². The van der Waals surface area contributed by atoms with Crippen LogP contribution in [-0.2, 0) is 11.2 Å². The molecule has 0 saturated heterocycles. The average molecular weight is 317 g/mol. The number of hydrogen-bond donors (Lipinski definition) is 5. The Hall–Kier alpha value is -3.22. The van der Waals surface area contributed by atoms with Crippen molar-refractivity contribution in [1.82, 2.24) is 5.32 Å². The SMILES string of the molecule is O=C(N[C@@H](Cc1ccc(O)cc1)C(=O)O)c1cc(O)cc(O)c1. The lowest BCUT2D eigenvalue weighted by atomic mass is 10.1. The van der Waals surface area contributed by atoms with E-state index in [-0.39, 0.29) is 29.2 Å². The molecule has 0 aliphatic heterocycles. The minimum absolute atomic E-state index is 0.0200. The van der Waals surface area contributed by atoms with Crippen LogP contribution in [-0.4, -0.2) is 38.3 Å². The van der Waals surface area contributed by atoms with Crippen LogP contribution in [0.15, 0.2) is 42.5 Å². The molecular formula is C16H15NO6. The second-order valence-electron chi connectivity index (χ2n) is 4.97. The molecule has 1 amide bonds. The van der Waals surface area contributed by atoms with Crippen molar-refractivity contribution in [3.63, 3.8) is 0 Å². The van der Waals surface area contributed by atoms with Crippen molar-refractivity contribution in [3.05, 3.63) is 53.6 Å². The molecule has 2 aromatic carbocycles. The molecule has 0 bridgehead atoms. The van der Waals surface area contributed by atoms with Gasteiger partial charge in [-0.25, -0.2) is 4.79 Å². The molecule has 0 aromatic heterocycles. The number of nitrogens with one attached hydrogen (secondary N) is 1. The van der Waals surface area contributed by atoms with Gasteiger partial charge in [-0.2, -0.15) is 0 Å². The number of carbonyl (C=O) groups excluding carboxylic acids is 1. The van der Waals surface area contributed by atoms with Crippen molar-refractivity contribution in [2.24, 2.45) is 0 Å². The van der Waals surface area contributed by atoms with Gasteiger partial charge in [0.25, 0.3) is 5.91 Å². The zero-order valence-corrected chi connectivity index (χ0v) is 11.9. The Morgan fingerprint density at radius 2 is 1.48 bits per heavy atom. The molecule has 0 aliphatic rings. The van der Waals surface area contributed by atoms with E-state index in [1.165, 1.54) is 12.1 Å². The highest BCUT2D eigenvalue weighted by Crippen LogP contribution is 2.20. The maximum Gasteiger partial charge on any atom is 0.326 e. The summed E-state index contributed by atoms with van der Waals surface area (Å²) >= 11 is 0. The lowest BCUT2D eigenvalue weighted by Gasteiger charge is -2.15. The Balaban J connectivity index is 2.14. The number of phenols is 3. The van der Waals surface area contributed by atoms with Gasteiger partial charge in [0.15, 0.2) is 0 Å². The third kappa shape index (κ3) is 4.37. The first-order valence-electron chi connectivity index (χ1n) is 6.70. The van der Waals surface area contributed by atoms with E-state index < -0.39 is 17.9 Å². The zero-order valence-electron chi connectivity index (χ0n) is 11.9. The summed E-state index contributed by atoms with van der Waals surface area (Å²) in [6.45, 7) is 0. The van der Waals surface area contributed by atoms with Gasteiger partial charge in [0.05, 0.1) is 0 Å². The van der Waals surface area contributed by atoms with Crippen LogP contribution >= 0.6 is 0 Å². The van der Waals surface area contributed by atoms with Crippen LogP contribution in [0.3, 0.4) is 0 Å². The van der Waals surface area contributed by atoms with E-state index >= 15 is 0 Å². The van der Waals surface area contributed by atoms with Gasteiger partial charge in [-0.1, -0.05) is 12.1 Å². The summed E-state index contributed by atoms with van der Waals surface area (Å²) in [5.74, 6) is -2.51. The lowest BCUT2D eigenvalue weighted by Crippen LogP contribution is -2.42. The van der Waals surface area contributed by atoms with Crippen LogP contribution in [0.2, 0.25) is 0 Å². The summed E-state index contributed by atoms with van der Waals surface area (Å²) in [5.41, 5.74) is 0.564. The Morgan fingerprint density at radius 1 is 0.913 bits per heavy atom. The molecule has 0 aliphatic carbocycles. The van der Waals surface area contributed by atoms with Crippen molar-refractivity contribution < 1.29 is 30.0 Å². The van der Waals surface area contributed by atoms with Crippen LogP contribution in [0.4, 0.5) is 0 Å². The number of rotatable bonds is 5. The molecule has 120 valence electrons. The highest BCUT2D eigenvalue weighted by Gasteiger charge is 2.21. The Kier molecular flexibility index (Phi) is 4.70. The average Bonchev–Trinajstić information content (AvgIpc) is 2.47. The zero-order chi connectivity index (χ0) is 17.0. The number of carboxylic acids is 1. The standard InChI is InChI=1S/C16H15NO6/c18-11-3-1-9(2-4-11)5-14(16(22)23)17-15(21)10-6-12(19)8-13(20)7-10/h1-4,6-8,14,18-20H,5H2,(H,17,21)(H,22,23)/t14-/m0/s1. The highest BCUT2D eigenvalue weighted by molar-refractivity contribution is 5.97. The number of amides is 1. The topological polar surface area (TPSA) is 127 Å². The first-order valence-corrected chi connectivity index (χ1v) is 6.70. The molecule has 1 atom stereocenters. The third-order valence-electron chi connectivity index (χ3n) is 3.14. The molecule has 0 saturated carbocycles. The normalized spacial score (nSPS) is 11.7. The number of aromatic hydroxyl groups is 3. The van der Waals surface area contributed by atoms with E-state index in [1.807, 2.05) is 0 Å². The van der Waals surface area contributed by atoms with E-state index in [1.54, 1.807) is 12.1 Å². The molecule has 0 fully saturated rings. The molecule has 5 N–H and O–H groups in total. The summed E-state index contributed by atoms with van der Waals surface area (Å²) in [6, 6.07) is 8.05. The van der Waals surface area contributed by atoms with Crippen LogP contribution in [0.5, 0.6) is 17.2 Å². The number of benzene rings is 2. The second kappa shape index (κ2) is 6.69. The smallest absolute Gasteiger partial charge is 0.326 e. The van der Waals surface area contributed by atoms with Crippen molar-refractivity contribution in [1.29, 1.82) is 0 Å². The number of hydrogen-bond acceptors (Lipinski definition) is 5. The van der Waals surface area contributed by atoms with Gasteiger partial charge < -0.3 is 25.7 Å². The Morgan fingerprint density at radius 3 is 2.00 bits per heavy atom. The summed E-state index contributed by atoms with van der Waals surface area (Å²) in [6.07, 6.45) is 0.0200. The fourth-order valence-corrected chi connectivity index (χ4v) is 2.04. The maximum atomic E-state index is 12.1. The first kappa shape index (κ1) is 16.2. The molecule has 0 unspecified atom stereocenters. The van der Waals surface area contributed by atoms with E-state index in [0.717, 1.165) is 18.2 Å². The van der Waals surface area contributed by atoms with E-state index in [0.29, 0.717) is 5.56 Å². The summed E-state index contributed by atoms with van der Waals surface area (Å²) < 4.78 is 0. The van der Waals surface area contributed by atoms with Gasteiger partial charge in [-0.3, -0.25) is 4.79 Å². The van der Waals surface area contributed by atoms with Crippen molar-refractivity contribution >= 4 is 11.9 Å². The molecule has 7 nitrogen and oxygen atoms in total. The molecule has 23 heavy (non-hydrogen) atoms. The minimum atomic E-state index is -1.23. The Labute approximate surface area is 131 Å². The number of carbonyl (C=O) groups is 2. The molecule has 0 radical (unpaired) electrons. The number of aliphatic carboxylic acids is 1. The molecule has 7 heteroatoms. The summed E-state index contributed by atoms with van der Waals surface area (Å²) in [4.78, 5) is 23.4. The first-order chi connectivity index (χ1) is 10.8. The van der Waals surface area contributed by atoms with E-state index in [9.17, 15) is 30.0 Å². The molecule has 2 rings (SSSR count). The molecule has 0 heterocycles. The van der Waals surface area contributed by atoms with Gasteiger partial charge in [0, 0.05) is 18.1 Å². The molecule has 2 aromatic rings. The highest BCUT2D eigenvalue weighted by atomic mass is 16.4. The van der Waals surface area contributed by atoms with Crippen LogP contribution in [0.1, 0.15) is 15.9 Å². The second-order valence-corrected chi connectivity index (χ2v) is 4.97. The lowest BCUT2D eigenvalue weighted by molar-refractivity contribution is -0.139. The van der Waals surface area contributed by atoms with Gasteiger partial charge in [-0.05, 0) is 29.8 Å². The summed E-state index contributed by atoms with van der Waals surface area (Å²) in [5, 5.41) is 39.5. The molecular weight excluding hydrogens is 302 g/mol. The van der Waals surface area contributed by atoms with Crippen LogP contribution in [0.25, 0.3) is 0 Å². The van der Waals surface area contributed by atoms with E-state index in [2.05, 4.69) is 5.32 Å². The molecule has 0 spiro atoms. The number of carboxylic acid groups (broad SMARTS) is 1. The predicted molar refractivity (Wildman–Crippen MR) is 80.5 cm³/mol. The fraction of sp³-hybridized carbons (Fsp3) is 0.125. The predicted octanol–water partition coefficient (Wildman–Crippen LogP) is 1.23.